The number of hydrogen-bond acceptors (Lipinski definition) is 4. The van der Waals surface area contributed by atoms with E-state index in [4.69, 9.17) is 5.73 Å². The van der Waals surface area contributed by atoms with Crippen molar-refractivity contribution in [2.75, 3.05) is 25.9 Å². The first-order valence-corrected chi connectivity index (χ1v) is 6.92. The van der Waals surface area contributed by atoms with E-state index in [1.807, 2.05) is 6.07 Å². The highest BCUT2D eigenvalue weighted by molar-refractivity contribution is 9.10. The van der Waals surface area contributed by atoms with Crippen molar-refractivity contribution in [2.24, 2.45) is 0 Å². The monoisotopic (exact) mass is 309 g/mol. The van der Waals surface area contributed by atoms with Gasteiger partial charge in [0.05, 0.1) is 6.04 Å². The topological polar surface area (TPSA) is 60.0 Å². The molecule has 1 saturated heterocycles. The molecule has 18 heavy (non-hydrogen) atoms. The Balaban J connectivity index is 2.07. The molecule has 1 aliphatic rings. The molecule has 0 saturated carbocycles. The molecule has 0 aromatic carbocycles. The van der Waals surface area contributed by atoms with Gasteiger partial charge in [0.25, 0.3) is 0 Å². The number of nitrogen functional groups attached to an aromatic ring is 1. The predicted molar refractivity (Wildman–Crippen MR) is 75.4 cm³/mol. The number of halogens is 1. The molecule has 1 atom stereocenters. The van der Waals surface area contributed by atoms with E-state index >= 15 is 0 Å². The highest BCUT2D eigenvalue weighted by Crippen LogP contribution is 2.28. The van der Waals surface area contributed by atoms with Gasteiger partial charge in [-0.1, -0.05) is 0 Å². The van der Waals surface area contributed by atoms with Gasteiger partial charge in [-0.05, 0) is 48.4 Å². The second-order valence-corrected chi connectivity index (χ2v) is 5.81. The minimum absolute atomic E-state index is 0.377. The molecule has 1 unspecified atom stereocenters. The van der Waals surface area contributed by atoms with Crippen LogP contribution in [0.15, 0.2) is 16.7 Å². The Bertz CT molecular complexity index is 579. The van der Waals surface area contributed by atoms with Crippen molar-refractivity contribution in [2.45, 2.75) is 18.9 Å². The fourth-order valence-corrected chi connectivity index (χ4v) is 3.00. The van der Waals surface area contributed by atoms with Crippen molar-refractivity contribution < 1.29 is 0 Å². The van der Waals surface area contributed by atoms with E-state index in [2.05, 4.69) is 42.4 Å². The number of anilines is 1. The average molecular weight is 310 g/mol. The Morgan fingerprint density at radius 2 is 2.33 bits per heavy atom. The van der Waals surface area contributed by atoms with Crippen molar-refractivity contribution in [1.29, 1.82) is 0 Å². The summed E-state index contributed by atoms with van der Waals surface area (Å²) >= 11 is 3.41. The van der Waals surface area contributed by atoms with Crippen molar-refractivity contribution >= 4 is 33.0 Å². The second-order valence-electron chi connectivity index (χ2n) is 4.89. The third-order valence-corrected chi connectivity index (χ3v) is 3.92. The molecule has 0 radical (unpaired) electrons. The predicted octanol–water partition coefficient (Wildman–Crippen LogP) is 2.04. The second kappa shape index (κ2) is 4.51. The van der Waals surface area contributed by atoms with Gasteiger partial charge in [0.1, 0.15) is 5.52 Å². The number of aromatic nitrogens is 3. The van der Waals surface area contributed by atoms with Crippen molar-refractivity contribution in [3.63, 3.8) is 0 Å². The molecule has 6 heteroatoms. The maximum absolute atomic E-state index is 6.06. The standard InChI is InChI=1S/C12H16BrN5/c1-17-4-2-3-9(7-17)18-11-10(16-12(18)14)5-8(13)6-15-11/h5-6,9H,2-4,7H2,1H3,(H2,14,16). The Morgan fingerprint density at radius 1 is 1.50 bits per heavy atom. The molecule has 0 amide bonds. The van der Waals surface area contributed by atoms with E-state index < -0.39 is 0 Å². The van der Waals surface area contributed by atoms with Gasteiger partial charge in [0.2, 0.25) is 5.95 Å². The number of likely N-dealkylation sites (N-methyl/N-ethyl adjacent to an activating group) is 1. The number of hydrogen-bond donors (Lipinski definition) is 1. The molecule has 96 valence electrons. The molecule has 3 heterocycles. The van der Waals surface area contributed by atoms with Gasteiger partial charge in [-0.15, -0.1) is 0 Å². The zero-order chi connectivity index (χ0) is 12.7. The number of likely N-dealkylation sites (tertiary alicyclic amines) is 1. The van der Waals surface area contributed by atoms with Crippen LogP contribution in [0.2, 0.25) is 0 Å². The van der Waals surface area contributed by atoms with Crippen LogP contribution in [0.1, 0.15) is 18.9 Å². The summed E-state index contributed by atoms with van der Waals surface area (Å²) in [6.45, 7) is 2.16. The van der Waals surface area contributed by atoms with Crippen LogP contribution in [0, 0.1) is 0 Å². The molecular formula is C12H16BrN5. The number of nitrogens with two attached hydrogens (primary N) is 1. The van der Waals surface area contributed by atoms with Crippen LogP contribution >= 0.6 is 15.9 Å². The molecule has 1 fully saturated rings. The molecule has 5 nitrogen and oxygen atoms in total. The van der Waals surface area contributed by atoms with E-state index in [1.54, 1.807) is 6.20 Å². The molecule has 0 aliphatic carbocycles. The quantitative estimate of drug-likeness (QED) is 0.876. The van der Waals surface area contributed by atoms with Crippen LogP contribution in [-0.2, 0) is 0 Å². The van der Waals surface area contributed by atoms with E-state index in [9.17, 15) is 0 Å². The Kier molecular flexibility index (Phi) is 2.99. The molecule has 2 aromatic heterocycles. The average Bonchev–Trinajstić information content (AvgIpc) is 2.64. The number of piperidine rings is 1. The van der Waals surface area contributed by atoms with Gasteiger partial charge >= 0.3 is 0 Å². The van der Waals surface area contributed by atoms with E-state index in [1.165, 1.54) is 6.42 Å². The first kappa shape index (κ1) is 11.9. The zero-order valence-electron chi connectivity index (χ0n) is 10.3. The van der Waals surface area contributed by atoms with Crippen LogP contribution in [0.5, 0.6) is 0 Å². The smallest absolute Gasteiger partial charge is 0.202 e. The Hall–Kier alpha value is -1.14. The number of pyridine rings is 1. The molecule has 2 aromatic rings. The van der Waals surface area contributed by atoms with Gasteiger partial charge < -0.3 is 10.6 Å². The number of rotatable bonds is 1. The lowest BCUT2D eigenvalue weighted by Crippen LogP contribution is -2.34. The van der Waals surface area contributed by atoms with Gasteiger partial charge in [-0.25, -0.2) is 9.97 Å². The van der Waals surface area contributed by atoms with Crippen LogP contribution in [0.25, 0.3) is 11.2 Å². The van der Waals surface area contributed by atoms with Gasteiger partial charge in [0, 0.05) is 17.2 Å². The van der Waals surface area contributed by atoms with Crippen LogP contribution in [-0.4, -0.2) is 39.6 Å². The van der Waals surface area contributed by atoms with Crippen LogP contribution in [0.4, 0.5) is 5.95 Å². The first-order chi connectivity index (χ1) is 8.65. The summed E-state index contributed by atoms with van der Waals surface area (Å²) < 4.78 is 3.01. The fourth-order valence-electron chi connectivity index (χ4n) is 2.68. The zero-order valence-corrected chi connectivity index (χ0v) is 11.9. The van der Waals surface area contributed by atoms with Crippen molar-refractivity contribution in [3.8, 4) is 0 Å². The van der Waals surface area contributed by atoms with Crippen LogP contribution < -0.4 is 5.73 Å². The number of nitrogens with zero attached hydrogens (tertiary/aromatic N) is 4. The SMILES string of the molecule is CN1CCCC(n2c(N)nc3cc(Br)cnc32)C1. The van der Waals surface area contributed by atoms with E-state index in [-0.39, 0.29) is 0 Å². The highest BCUT2D eigenvalue weighted by atomic mass is 79.9. The lowest BCUT2D eigenvalue weighted by atomic mass is 10.1. The summed E-state index contributed by atoms with van der Waals surface area (Å²) in [6.07, 6.45) is 4.13. The molecule has 3 rings (SSSR count). The number of fused-ring (bicyclic) bond motifs is 1. The molecule has 1 aliphatic heterocycles. The van der Waals surface area contributed by atoms with Crippen molar-refractivity contribution in [1.82, 2.24) is 19.4 Å². The van der Waals surface area contributed by atoms with Crippen LogP contribution in [0.3, 0.4) is 0 Å². The molecular weight excluding hydrogens is 294 g/mol. The lowest BCUT2D eigenvalue weighted by molar-refractivity contribution is 0.216. The normalized spacial score (nSPS) is 21.6. The fraction of sp³-hybridized carbons (Fsp3) is 0.500. The third-order valence-electron chi connectivity index (χ3n) is 3.49. The molecule has 2 N–H and O–H groups in total. The van der Waals surface area contributed by atoms with Gasteiger partial charge in [-0.3, -0.25) is 4.57 Å². The number of imidazole rings is 1. The summed E-state index contributed by atoms with van der Waals surface area (Å²) in [4.78, 5) is 11.2. The maximum Gasteiger partial charge on any atom is 0.202 e. The molecule has 0 spiro atoms. The minimum atomic E-state index is 0.377. The summed E-state index contributed by atoms with van der Waals surface area (Å²) in [5.41, 5.74) is 7.80. The van der Waals surface area contributed by atoms with Gasteiger partial charge in [0.15, 0.2) is 5.65 Å². The van der Waals surface area contributed by atoms with Crippen molar-refractivity contribution in [3.05, 3.63) is 16.7 Å². The minimum Gasteiger partial charge on any atom is -0.369 e. The molecule has 0 bridgehead atoms. The van der Waals surface area contributed by atoms with E-state index in [0.29, 0.717) is 12.0 Å². The van der Waals surface area contributed by atoms with Gasteiger partial charge in [-0.2, -0.15) is 0 Å². The largest absolute Gasteiger partial charge is 0.369 e. The first-order valence-electron chi connectivity index (χ1n) is 6.12. The summed E-state index contributed by atoms with van der Waals surface area (Å²) in [5.74, 6) is 0.566. The lowest BCUT2D eigenvalue weighted by Gasteiger charge is -2.31. The summed E-state index contributed by atoms with van der Waals surface area (Å²) in [6, 6.07) is 2.34. The highest BCUT2D eigenvalue weighted by Gasteiger charge is 2.23. The Morgan fingerprint density at radius 3 is 3.11 bits per heavy atom. The summed E-state index contributed by atoms with van der Waals surface area (Å²) in [7, 11) is 2.14. The summed E-state index contributed by atoms with van der Waals surface area (Å²) in [5, 5.41) is 0. The van der Waals surface area contributed by atoms with E-state index in [0.717, 1.165) is 35.1 Å². The third kappa shape index (κ3) is 1.99. The maximum atomic E-state index is 6.06. The Labute approximate surface area is 114 Å².